The highest BCUT2D eigenvalue weighted by Gasteiger charge is 2.27. The largest absolute Gasteiger partial charge is 0.484 e. The van der Waals surface area contributed by atoms with Crippen LogP contribution in [0.15, 0.2) is 47.4 Å². The molecule has 1 amide bonds. The van der Waals surface area contributed by atoms with Crippen LogP contribution in [0.1, 0.15) is 24.0 Å². The van der Waals surface area contributed by atoms with Gasteiger partial charge in [-0.25, -0.2) is 13.1 Å². The monoisotopic (exact) mass is 436 g/mol. The van der Waals surface area contributed by atoms with Gasteiger partial charge in [-0.05, 0) is 62.6 Å². The van der Waals surface area contributed by atoms with E-state index in [9.17, 15) is 13.2 Å². The molecule has 1 aliphatic rings. The number of nitrogens with zero attached hydrogens (tertiary/aromatic N) is 1. The molecule has 8 heteroatoms. The van der Waals surface area contributed by atoms with Crippen molar-refractivity contribution in [1.29, 1.82) is 0 Å². The van der Waals surface area contributed by atoms with E-state index in [-0.39, 0.29) is 23.5 Å². The molecule has 156 valence electrons. The molecule has 6 nitrogen and oxygen atoms in total. The normalized spacial score (nSPS) is 15.3. The van der Waals surface area contributed by atoms with Crippen molar-refractivity contribution in [3.05, 3.63) is 58.6 Å². The number of benzene rings is 2. The molecule has 0 radical (unpaired) electrons. The SMILES string of the molecule is Cc1ccc(OCC(=O)N2CCC(NS(=O)(=O)c3ccc(Cl)cc3)CC2)c(C)c1. The second kappa shape index (κ2) is 9.15. The number of hydrogen-bond donors (Lipinski definition) is 1. The lowest BCUT2D eigenvalue weighted by Crippen LogP contribution is -2.47. The molecular weight excluding hydrogens is 412 g/mol. The highest BCUT2D eigenvalue weighted by Crippen LogP contribution is 2.20. The fourth-order valence-corrected chi connectivity index (χ4v) is 4.77. The van der Waals surface area contributed by atoms with Gasteiger partial charge in [0.25, 0.3) is 5.91 Å². The Labute approximate surface area is 176 Å². The number of halogens is 1. The van der Waals surface area contributed by atoms with Crippen LogP contribution in [-0.4, -0.2) is 45.0 Å². The van der Waals surface area contributed by atoms with E-state index in [1.807, 2.05) is 32.0 Å². The summed E-state index contributed by atoms with van der Waals surface area (Å²) in [6.07, 6.45) is 1.12. The van der Waals surface area contributed by atoms with Gasteiger partial charge in [0.15, 0.2) is 6.61 Å². The van der Waals surface area contributed by atoms with Crippen molar-refractivity contribution in [2.75, 3.05) is 19.7 Å². The molecule has 3 rings (SSSR count). The Bertz CT molecular complexity index is 969. The molecular formula is C21H25ClN2O4S. The predicted octanol–water partition coefficient (Wildman–Crippen LogP) is 3.31. The topological polar surface area (TPSA) is 75.7 Å². The molecule has 0 spiro atoms. The van der Waals surface area contributed by atoms with E-state index < -0.39 is 10.0 Å². The summed E-state index contributed by atoms with van der Waals surface area (Å²) in [5, 5.41) is 0.485. The van der Waals surface area contributed by atoms with Gasteiger partial charge in [0, 0.05) is 24.2 Å². The molecule has 0 aliphatic carbocycles. The average molecular weight is 437 g/mol. The Hall–Kier alpha value is -2.09. The molecule has 2 aromatic carbocycles. The fourth-order valence-electron chi connectivity index (χ4n) is 3.34. The van der Waals surface area contributed by atoms with Crippen molar-refractivity contribution in [2.45, 2.75) is 37.6 Å². The number of sulfonamides is 1. The van der Waals surface area contributed by atoms with Gasteiger partial charge in [0.2, 0.25) is 10.0 Å². The fraction of sp³-hybridized carbons (Fsp3) is 0.381. The Morgan fingerprint density at radius 2 is 1.79 bits per heavy atom. The zero-order chi connectivity index (χ0) is 21.0. The number of hydrogen-bond acceptors (Lipinski definition) is 4. The molecule has 0 atom stereocenters. The highest BCUT2D eigenvalue weighted by atomic mass is 35.5. The van der Waals surface area contributed by atoms with Crippen LogP contribution in [0.25, 0.3) is 0 Å². The summed E-state index contributed by atoms with van der Waals surface area (Å²) < 4.78 is 33.4. The number of rotatable bonds is 6. The molecule has 0 saturated carbocycles. The maximum absolute atomic E-state index is 12.5. The van der Waals surface area contributed by atoms with Crippen molar-refractivity contribution in [3.63, 3.8) is 0 Å². The van der Waals surface area contributed by atoms with Crippen LogP contribution >= 0.6 is 11.6 Å². The molecule has 2 aromatic rings. The van der Waals surface area contributed by atoms with E-state index in [1.165, 1.54) is 12.1 Å². The number of piperidine rings is 1. The third-order valence-corrected chi connectivity index (χ3v) is 6.76. The van der Waals surface area contributed by atoms with Crippen molar-refractivity contribution in [3.8, 4) is 5.75 Å². The minimum atomic E-state index is -3.61. The van der Waals surface area contributed by atoms with Crippen LogP contribution in [-0.2, 0) is 14.8 Å². The van der Waals surface area contributed by atoms with Gasteiger partial charge in [-0.2, -0.15) is 0 Å². The molecule has 1 N–H and O–H groups in total. The minimum Gasteiger partial charge on any atom is -0.484 e. The first kappa shape index (κ1) is 21.6. The second-order valence-corrected chi connectivity index (χ2v) is 9.44. The van der Waals surface area contributed by atoms with Crippen molar-refractivity contribution < 1.29 is 17.9 Å². The quantitative estimate of drug-likeness (QED) is 0.753. The zero-order valence-corrected chi connectivity index (χ0v) is 18.1. The van der Waals surface area contributed by atoms with E-state index in [0.717, 1.165) is 11.1 Å². The number of aryl methyl sites for hydroxylation is 2. The Kier molecular flexibility index (Phi) is 6.82. The van der Waals surface area contributed by atoms with Crippen LogP contribution in [0.4, 0.5) is 0 Å². The zero-order valence-electron chi connectivity index (χ0n) is 16.5. The van der Waals surface area contributed by atoms with Gasteiger partial charge in [0.05, 0.1) is 4.90 Å². The third-order valence-electron chi connectivity index (χ3n) is 4.98. The van der Waals surface area contributed by atoms with E-state index >= 15 is 0 Å². The third kappa shape index (κ3) is 5.72. The van der Waals surface area contributed by atoms with Gasteiger partial charge in [-0.1, -0.05) is 29.3 Å². The lowest BCUT2D eigenvalue weighted by atomic mass is 10.1. The summed E-state index contributed by atoms with van der Waals surface area (Å²) in [5.74, 6) is 0.610. The molecule has 1 saturated heterocycles. The Morgan fingerprint density at radius 1 is 1.14 bits per heavy atom. The van der Waals surface area contributed by atoms with Crippen molar-refractivity contribution in [2.24, 2.45) is 0 Å². The molecule has 0 bridgehead atoms. The van der Waals surface area contributed by atoms with Crippen LogP contribution in [0, 0.1) is 13.8 Å². The summed E-state index contributed by atoms with van der Waals surface area (Å²) in [6.45, 7) is 4.91. The minimum absolute atomic E-state index is 0.0227. The van der Waals surface area contributed by atoms with Gasteiger partial charge in [-0.15, -0.1) is 0 Å². The maximum Gasteiger partial charge on any atom is 0.260 e. The first-order valence-electron chi connectivity index (χ1n) is 9.50. The number of likely N-dealkylation sites (tertiary alicyclic amines) is 1. The Morgan fingerprint density at radius 3 is 2.41 bits per heavy atom. The number of carbonyl (C=O) groups excluding carboxylic acids is 1. The lowest BCUT2D eigenvalue weighted by molar-refractivity contribution is -0.134. The Balaban J connectivity index is 1.49. The number of nitrogens with one attached hydrogen (secondary N) is 1. The highest BCUT2D eigenvalue weighted by molar-refractivity contribution is 7.89. The standard InChI is InChI=1S/C21H25ClN2O4S/c1-15-3-8-20(16(2)13-15)28-14-21(25)24-11-9-18(10-12-24)23-29(26,27)19-6-4-17(22)5-7-19/h3-8,13,18,23H,9-12,14H2,1-2H3. The first-order chi connectivity index (χ1) is 13.7. The molecule has 1 fully saturated rings. The predicted molar refractivity (Wildman–Crippen MR) is 113 cm³/mol. The molecule has 0 aromatic heterocycles. The average Bonchev–Trinajstić information content (AvgIpc) is 2.68. The van der Waals surface area contributed by atoms with Gasteiger partial charge < -0.3 is 9.64 Å². The van der Waals surface area contributed by atoms with Gasteiger partial charge in [-0.3, -0.25) is 4.79 Å². The van der Waals surface area contributed by atoms with Crippen LogP contribution in [0.2, 0.25) is 5.02 Å². The first-order valence-corrected chi connectivity index (χ1v) is 11.4. The molecule has 1 aliphatic heterocycles. The smallest absolute Gasteiger partial charge is 0.260 e. The molecule has 0 unspecified atom stereocenters. The summed E-state index contributed by atoms with van der Waals surface area (Å²) >= 11 is 5.82. The van der Waals surface area contributed by atoms with Crippen LogP contribution < -0.4 is 9.46 Å². The van der Waals surface area contributed by atoms with Gasteiger partial charge in [0.1, 0.15) is 5.75 Å². The van der Waals surface area contributed by atoms with E-state index in [2.05, 4.69) is 4.72 Å². The summed E-state index contributed by atoms with van der Waals surface area (Å²) in [6, 6.07) is 11.7. The van der Waals surface area contributed by atoms with Crippen LogP contribution in [0.5, 0.6) is 5.75 Å². The summed E-state index contributed by atoms with van der Waals surface area (Å²) in [5.41, 5.74) is 2.14. The summed E-state index contributed by atoms with van der Waals surface area (Å²) in [4.78, 5) is 14.3. The molecule has 1 heterocycles. The number of carbonyl (C=O) groups is 1. The van der Waals surface area contributed by atoms with Crippen LogP contribution in [0.3, 0.4) is 0 Å². The second-order valence-electron chi connectivity index (χ2n) is 7.29. The maximum atomic E-state index is 12.5. The van der Waals surface area contributed by atoms with Gasteiger partial charge >= 0.3 is 0 Å². The summed E-state index contributed by atoms with van der Waals surface area (Å²) in [7, 11) is -3.61. The molecule has 29 heavy (non-hydrogen) atoms. The van der Waals surface area contributed by atoms with E-state index in [1.54, 1.807) is 17.0 Å². The van der Waals surface area contributed by atoms with E-state index in [0.29, 0.717) is 36.7 Å². The van der Waals surface area contributed by atoms with Crippen molar-refractivity contribution in [1.82, 2.24) is 9.62 Å². The van der Waals surface area contributed by atoms with Crippen molar-refractivity contribution >= 4 is 27.5 Å². The van der Waals surface area contributed by atoms with E-state index in [4.69, 9.17) is 16.3 Å². The lowest BCUT2D eigenvalue weighted by Gasteiger charge is -2.32. The number of amides is 1. The number of ether oxygens (including phenoxy) is 1.